The van der Waals surface area contributed by atoms with E-state index in [-0.39, 0.29) is 12.6 Å². The molecule has 1 heterocycles. The number of hydrogen-bond acceptors (Lipinski definition) is 3. The number of aliphatic hydroxyl groups excluding tert-OH is 1. The zero-order valence-corrected chi connectivity index (χ0v) is 11.7. The molecule has 1 aromatic rings. The molecule has 94 valence electrons. The Balaban J connectivity index is 2.30. The molecule has 1 aliphatic heterocycles. The van der Waals surface area contributed by atoms with E-state index in [1.165, 1.54) is 0 Å². The van der Waals surface area contributed by atoms with E-state index in [0.717, 1.165) is 28.7 Å². The first-order valence-electron chi connectivity index (χ1n) is 6.02. The predicted octanol–water partition coefficient (Wildman–Crippen LogP) is 2.11. The van der Waals surface area contributed by atoms with Crippen LogP contribution in [-0.4, -0.2) is 24.3 Å². The maximum atomic E-state index is 9.49. The van der Waals surface area contributed by atoms with Gasteiger partial charge in [-0.05, 0) is 36.1 Å². The van der Waals surface area contributed by atoms with E-state index in [2.05, 4.69) is 39.9 Å². The minimum atomic E-state index is 0.214. The van der Waals surface area contributed by atoms with Crippen molar-refractivity contribution < 1.29 is 5.11 Å². The average molecular weight is 299 g/mol. The summed E-state index contributed by atoms with van der Waals surface area (Å²) in [5, 5.41) is 9.49. The normalized spacial score (nSPS) is 24.4. The van der Waals surface area contributed by atoms with Crippen LogP contribution >= 0.6 is 15.9 Å². The van der Waals surface area contributed by atoms with Crippen LogP contribution in [0.4, 0.5) is 5.69 Å². The Hall–Kier alpha value is -0.580. The third kappa shape index (κ3) is 2.64. The fraction of sp³-hybridized carbons (Fsp3) is 0.538. The fourth-order valence-corrected chi connectivity index (χ4v) is 3.05. The Morgan fingerprint density at radius 3 is 2.88 bits per heavy atom. The molecule has 3 N–H and O–H groups in total. The Labute approximate surface area is 111 Å². The van der Waals surface area contributed by atoms with E-state index in [1.807, 2.05) is 6.07 Å². The molecule has 1 saturated heterocycles. The van der Waals surface area contributed by atoms with Gasteiger partial charge in [-0.1, -0.05) is 22.9 Å². The Morgan fingerprint density at radius 1 is 1.47 bits per heavy atom. The van der Waals surface area contributed by atoms with E-state index in [0.29, 0.717) is 12.5 Å². The molecule has 0 bridgehead atoms. The van der Waals surface area contributed by atoms with Crippen LogP contribution in [0.2, 0.25) is 0 Å². The van der Waals surface area contributed by atoms with Gasteiger partial charge in [-0.25, -0.2) is 0 Å². The molecule has 0 radical (unpaired) electrons. The minimum absolute atomic E-state index is 0.214. The molecule has 0 amide bonds. The third-order valence-electron chi connectivity index (χ3n) is 3.58. The monoisotopic (exact) mass is 298 g/mol. The van der Waals surface area contributed by atoms with Gasteiger partial charge in [-0.15, -0.1) is 0 Å². The molecule has 17 heavy (non-hydrogen) atoms. The predicted molar refractivity (Wildman–Crippen MR) is 74.0 cm³/mol. The summed E-state index contributed by atoms with van der Waals surface area (Å²) in [6, 6.07) is 6.48. The van der Waals surface area contributed by atoms with Crippen LogP contribution in [0.25, 0.3) is 0 Å². The van der Waals surface area contributed by atoms with E-state index >= 15 is 0 Å². The topological polar surface area (TPSA) is 49.5 Å². The number of benzene rings is 1. The molecule has 2 rings (SSSR count). The van der Waals surface area contributed by atoms with Crippen molar-refractivity contribution in [2.75, 3.05) is 18.1 Å². The van der Waals surface area contributed by atoms with Crippen molar-refractivity contribution in [2.45, 2.75) is 25.9 Å². The lowest BCUT2D eigenvalue weighted by atomic mass is 10.0. The summed E-state index contributed by atoms with van der Waals surface area (Å²) in [4.78, 5) is 2.29. The summed E-state index contributed by atoms with van der Waals surface area (Å²) in [7, 11) is 0. The van der Waals surface area contributed by atoms with Crippen LogP contribution in [-0.2, 0) is 6.54 Å². The number of nitrogens with zero attached hydrogens (tertiary/aromatic N) is 1. The van der Waals surface area contributed by atoms with Gasteiger partial charge in [0.15, 0.2) is 0 Å². The first-order chi connectivity index (χ1) is 8.15. The Bertz CT molecular complexity index is 397. The minimum Gasteiger partial charge on any atom is -0.394 e. The zero-order chi connectivity index (χ0) is 12.4. The molecule has 3 nitrogen and oxygen atoms in total. The number of anilines is 1. The summed E-state index contributed by atoms with van der Waals surface area (Å²) in [5.41, 5.74) is 7.96. The highest BCUT2D eigenvalue weighted by molar-refractivity contribution is 9.10. The average Bonchev–Trinajstić information content (AvgIpc) is 2.69. The highest BCUT2D eigenvalue weighted by atomic mass is 79.9. The van der Waals surface area contributed by atoms with Gasteiger partial charge >= 0.3 is 0 Å². The standard InChI is InChI=1S/C13H19BrN2O/c1-9-2-3-16(13(9)8-17)12-5-10(7-15)4-11(14)6-12/h4-6,9,13,17H,2-3,7-8,15H2,1H3. The number of halogens is 1. The van der Waals surface area contributed by atoms with Gasteiger partial charge in [-0.2, -0.15) is 0 Å². The first kappa shape index (κ1) is 12.9. The van der Waals surface area contributed by atoms with Crippen LogP contribution in [0.5, 0.6) is 0 Å². The first-order valence-corrected chi connectivity index (χ1v) is 6.82. The van der Waals surface area contributed by atoms with Gasteiger partial charge in [0.2, 0.25) is 0 Å². The molecule has 0 aromatic heterocycles. The summed E-state index contributed by atoms with van der Waals surface area (Å²) in [6.45, 7) is 3.96. The van der Waals surface area contributed by atoms with Gasteiger partial charge in [0.1, 0.15) is 0 Å². The summed E-state index contributed by atoms with van der Waals surface area (Å²) >= 11 is 3.51. The summed E-state index contributed by atoms with van der Waals surface area (Å²) in [5.74, 6) is 0.542. The lowest BCUT2D eigenvalue weighted by Gasteiger charge is -2.28. The van der Waals surface area contributed by atoms with Gasteiger partial charge in [0.05, 0.1) is 12.6 Å². The molecule has 0 aliphatic carbocycles. The SMILES string of the molecule is CC1CCN(c2cc(Br)cc(CN)c2)C1CO. The second kappa shape index (κ2) is 5.38. The molecule has 1 fully saturated rings. The lowest BCUT2D eigenvalue weighted by molar-refractivity contribution is 0.245. The second-order valence-corrected chi connectivity index (χ2v) is 5.65. The molecule has 0 spiro atoms. The van der Waals surface area contributed by atoms with Crippen molar-refractivity contribution in [2.24, 2.45) is 11.7 Å². The molecule has 4 heteroatoms. The van der Waals surface area contributed by atoms with E-state index in [1.54, 1.807) is 0 Å². The molecule has 1 aliphatic rings. The van der Waals surface area contributed by atoms with Crippen LogP contribution in [0.3, 0.4) is 0 Å². The molecular formula is C13H19BrN2O. The van der Waals surface area contributed by atoms with Crippen LogP contribution in [0, 0.1) is 5.92 Å². The summed E-state index contributed by atoms with van der Waals surface area (Å²) in [6.07, 6.45) is 1.13. The maximum Gasteiger partial charge on any atom is 0.0637 e. The van der Waals surface area contributed by atoms with E-state index < -0.39 is 0 Å². The fourth-order valence-electron chi connectivity index (χ4n) is 2.52. The largest absolute Gasteiger partial charge is 0.394 e. The smallest absolute Gasteiger partial charge is 0.0637 e. The van der Waals surface area contributed by atoms with Crippen molar-refractivity contribution in [3.05, 3.63) is 28.2 Å². The number of aliphatic hydroxyl groups is 1. The lowest BCUT2D eigenvalue weighted by Crippen LogP contribution is -2.35. The molecule has 1 aromatic carbocycles. The van der Waals surface area contributed by atoms with Crippen molar-refractivity contribution in [1.29, 1.82) is 0 Å². The second-order valence-electron chi connectivity index (χ2n) is 4.73. The number of hydrogen-bond donors (Lipinski definition) is 2. The molecule has 2 atom stereocenters. The molecule has 0 saturated carbocycles. The Kier molecular flexibility index (Phi) is 4.07. The highest BCUT2D eigenvalue weighted by Crippen LogP contribution is 2.31. The number of rotatable bonds is 3. The summed E-state index contributed by atoms with van der Waals surface area (Å²) < 4.78 is 1.05. The molecular weight excluding hydrogens is 280 g/mol. The molecule has 2 unspecified atom stereocenters. The van der Waals surface area contributed by atoms with Crippen molar-refractivity contribution in [3.63, 3.8) is 0 Å². The van der Waals surface area contributed by atoms with Crippen LogP contribution in [0.15, 0.2) is 22.7 Å². The van der Waals surface area contributed by atoms with Gasteiger partial charge in [0.25, 0.3) is 0 Å². The van der Waals surface area contributed by atoms with E-state index in [4.69, 9.17) is 5.73 Å². The van der Waals surface area contributed by atoms with Crippen molar-refractivity contribution in [3.8, 4) is 0 Å². The van der Waals surface area contributed by atoms with Gasteiger partial charge < -0.3 is 15.7 Å². The van der Waals surface area contributed by atoms with E-state index in [9.17, 15) is 5.11 Å². The van der Waals surface area contributed by atoms with Gasteiger partial charge in [-0.3, -0.25) is 0 Å². The van der Waals surface area contributed by atoms with Crippen LogP contribution in [0.1, 0.15) is 18.9 Å². The highest BCUT2D eigenvalue weighted by Gasteiger charge is 2.30. The quantitative estimate of drug-likeness (QED) is 0.899. The van der Waals surface area contributed by atoms with Crippen molar-refractivity contribution >= 4 is 21.6 Å². The third-order valence-corrected chi connectivity index (χ3v) is 4.04. The van der Waals surface area contributed by atoms with Crippen molar-refractivity contribution in [1.82, 2.24) is 0 Å². The Morgan fingerprint density at radius 2 is 2.24 bits per heavy atom. The van der Waals surface area contributed by atoms with Gasteiger partial charge in [0, 0.05) is 23.2 Å². The zero-order valence-electron chi connectivity index (χ0n) is 10.1. The van der Waals surface area contributed by atoms with Crippen LogP contribution < -0.4 is 10.6 Å². The maximum absolute atomic E-state index is 9.49. The number of nitrogens with two attached hydrogens (primary N) is 1.